The maximum Gasteiger partial charge on any atom is 0.104 e. The van der Waals surface area contributed by atoms with Crippen LogP contribution in [0.1, 0.15) is 34.1 Å². The molecule has 0 amide bonds. The number of piperazine rings is 1. The second-order valence-electron chi connectivity index (χ2n) is 8.56. The summed E-state index contributed by atoms with van der Waals surface area (Å²) < 4.78 is 5.95. The van der Waals surface area contributed by atoms with Gasteiger partial charge in [0.2, 0.25) is 0 Å². The molecule has 1 aromatic carbocycles. The molecule has 1 aromatic rings. The number of halogens is 3. The number of nitrogens with zero attached hydrogens (tertiary/aromatic N) is 2. The van der Waals surface area contributed by atoms with E-state index < -0.39 is 0 Å². The van der Waals surface area contributed by atoms with Crippen molar-refractivity contribution in [3.8, 4) is 0 Å². The van der Waals surface area contributed by atoms with E-state index in [0.717, 1.165) is 67.1 Å². The van der Waals surface area contributed by atoms with E-state index in [1.165, 1.54) is 16.7 Å². The molecule has 0 saturated carbocycles. The van der Waals surface area contributed by atoms with E-state index in [0.29, 0.717) is 0 Å². The zero-order valence-corrected chi connectivity index (χ0v) is 20.5. The van der Waals surface area contributed by atoms with Crippen molar-refractivity contribution in [2.24, 2.45) is 11.1 Å². The van der Waals surface area contributed by atoms with Crippen molar-refractivity contribution in [3.05, 3.63) is 63.2 Å². The number of hydrogen-bond acceptors (Lipinski definition) is 4. The number of nitrogens with two attached hydrogens (primary N) is 1. The summed E-state index contributed by atoms with van der Waals surface area (Å²) in [7, 11) is 0. The zero-order chi connectivity index (χ0) is 20.1. The standard InChI is InChI=1S/C23H30ClN3O.2ClH/c1-15-16(2)28-17(3)18-13-23(4,22(25)21(15)18)14-26-9-11-27(12-10-26)20-8-6-5-7-19(20)24;;/h5-8H,9-14,25H2,1-4H3;2*1H. The minimum absolute atomic E-state index is 0. The van der Waals surface area contributed by atoms with Crippen molar-refractivity contribution < 1.29 is 4.74 Å². The third kappa shape index (κ3) is 4.34. The van der Waals surface area contributed by atoms with Gasteiger partial charge in [0.25, 0.3) is 0 Å². The third-order valence-electron chi connectivity index (χ3n) is 6.56. The van der Waals surface area contributed by atoms with E-state index in [4.69, 9.17) is 22.1 Å². The molecule has 1 atom stereocenters. The van der Waals surface area contributed by atoms with Crippen LogP contribution in [0.3, 0.4) is 0 Å². The minimum Gasteiger partial charge on any atom is -0.466 e. The summed E-state index contributed by atoms with van der Waals surface area (Å²) in [4.78, 5) is 4.93. The van der Waals surface area contributed by atoms with Gasteiger partial charge in [-0.1, -0.05) is 30.7 Å². The Labute approximate surface area is 197 Å². The number of allylic oxidation sites excluding steroid dienone is 5. The molecule has 2 N–H and O–H groups in total. The summed E-state index contributed by atoms with van der Waals surface area (Å²) >= 11 is 6.38. The number of hydrogen-bond donors (Lipinski definition) is 1. The summed E-state index contributed by atoms with van der Waals surface area (Å²) in [6.07, 6.45) is 0.954. The van der Waals surface area contributed by atoms with Gasteiger partial charge in [0.05, 0.1) is 10.7 Å². The molecule has 4 nitrogen and oxygen atoms in total. The summed E-state index contributed by atoms with van der Waals surface area (Å²) in [5, 5.41) is 0.830. The maximum absolute atomic E-state index is 6.74. The zero-order valence-electron chi connectivity index (χ0n) is 18.1. The molecule has 1 fully saturated rings. The van der Waals surface area contributed by atoms with E-state index in [-0.39, 0.29) is 30.2 Å². The molecule has 7 heteroatoms. The van der Waals surface area contributed by atoms with Crippen LogP contribution in [0.2, 0.25) is 5.02 Å². The minimum atomic E-state index is -0.0479. The fourth-order valence-electron chi connectivity index (χ4n) is 4.80. The molecule has 2 aliphatic heterocycles. The number of para-hydroxylation sites is 1. The number of benzene rings is 1. The number of rotatable bonds is 3. The highest BCUT2D eigenvalue weighted by Gasteiger charge is 2.43. The predicted octanol–water partition coefficient (Wildman–Crippen LogP) is 5.53. The molecule has 30 heavy (non-hydrogen) atoms. The Kier molecular flexibility index (Phi) is 7.84. The van der Waals surface area contributed by atoms with Crippen LogP contribution in [-0.2, 0) is 4.74 Å². The van der Waals surface area contributed by atoms with Crippen molar-refractivity contribution in [2.75, 3.05) is 37.6 Å². The van der Waals surface area contributed by atoms with Crippen molar-refractivity contribution in [2.45, 2.75) is 34.1 Å². The average Bonchev–Trinajstić information content (AvgIpc) is 2.93. The van der Waals surface area contributed by atoms with E-state index in [1.54, 1.807) is 0 Å². The molecule has 1 unspecified atom stereocenters. The fourth-order valence-corrected chi connectivity index (χ4v) is 5.06. The van der Waals surface area contributed by atoms with Crippen LogP contribution in [0.4, 0.5) is 5.69 Å². The van der Waals surface area contributed by atoms with Gasteiger partial charge in [-0.2, -0.15) is 0 Å². The van der Waals surface area contributed by atoms with Crippen LogP contribution in [-0.4, -0.2) is 37.6 Å². The molecule has 2 heterocycles. The van der Waals surface area contributed by atoms with Crippen molar-refractivity contribution >= 4 is 42.1 Å². The van der Waals surface area contributed by atoms with Crippen LogP contribution >= 0.6 is 36.4 Å². The second-order valence-corrected chi connectivity index (χ2v) is 8.97. The maximum atomic E-state index is 6.74. The lowest BCUT2D eigenvalue weighted by Gasteiger charge is -2.40. The molecular weight excluding hydrogens is 441 g/mol. The Morgan fingerprint density at radius 2 is 1.67 bits per heavy atom. The molecule has 0 radical (unpaired) electrons. The lowest BCUT2D eigenvalue weighted by atomic mass is 9.85. The first-order chi connectivity index (χ1) is 13.3. The van der Waals surface area contributed by atoms with Gasteiger partial charge in [-0.05, 0) is 44.9 Å². The Morgan fingerprint density at radius 1 is 1.03 bits per heavy atom. The Hall–Kier alpha value is -1.33. The predicted molar refractivity (Wildman–Crippen MR) is 131 cm³/mol. The quantitative estimate of drug-likeness (QED) is 0.628. The highest BCUT2D eigenvalue weighted by molar-refractivity contribution is 6.33. The van der Waals surface area contributed by atoms with Gasteiger partial charge in [0, 0.05) is 55.0 Å². The largest absolute Gasteiger partial charge is 0.466 e. The van der Waals surface area contributed by atoms with Crippen LogP contribution in [0.15, 0.2) is 58.2 Å². The Balaban J connectivity index is 0.00000160. The van der Waals surface area contributed by atoms with Gasteiger partial charge in [-0.25, -0.2) is 0 Å². The van der Waals surface area contributed by atoms with Crippen LogP contribution in [0.5, 0.6) is 0 Å². The monoisotopic (exact) mass is 471 g/mol. The number of fused-ring (bicyclic) bond motifs is 1. The van der Waals surface area contributed by atoms with Crippen LogP contribution in [0.25, 0.3) is 0 Å². The highest BCUT2D eigenvalue weighted by Crippen LogP contribution is 2.50. The smallest absolute Gasteiger partial charge is 0.104 e. The first kappa shape index (κ1) is 24.9. The number of anilines is 1. The van der Waals surface area contributed by atoms with E-state index in [9.17, 15) is 0 Å². The first-order valence-electron chi connectivity index (χ1n) is 10.1. The van der Waals surface area contributed by atoms with Crippen molar-refractivity contribution in [3.63, 3.8) is 0 Å². The van der Waals surface area contributed by atoms with E-state index in [2.05, 4.69) is 42.7 Å². The van der Waals surface area contributed by atoms with Crippen molar-refractivity contribution in [1.82, 2.24) is 4.90 Å². The molecule has 1 aliphatic carbocycles. The number of ether oxygens (including phenoxy) is 1. The lowest BCUT2D eigenvalue weighted by molar-refractivity contribution is 0.182. The molecular formula is C23H32Cl3N3O. The van der Waals surface area contributed by atoms with Gasteiger partial charge in [-0.3, -0.25) is 4.90 Å². The molecule has 0 bridgehead atoms. The summed E-state index contributed by atoms with van der Waals surface area (Å²) in [5.74, 6) is 1.98. The molecule has 1 saturated heterocycles. The van der Waals surface area contributed by atoms with Crippen LogP contribution < -0.4 is 10.6 Å². The Morgan fingerprint density at radius 3 is 2.30 bits per heavy atom. The summed E-state index contributed by atoms with van der Waals surface area (Å²) in [6, 6.07) is 8.11. The van der Waals surface area contributed by atoms with Gasteiger partial charge < -0.3 is 15.4 Å². The normalized spacial score (nSPS) is 24.4. The molecule has 4 rings (SSSR count). The van der Waals surface area contributed by atoms with Gasteiger partial charge >= 0.3 is 0 Å². The topological polar surface area (TPSA) is 41.7 Å². The Bertz CT molecular complexity index is 901. The van der Waals surface area contributed by atoms with E-state index >= 15 is 0 Å². The highest BCUT2D eigenvalue weighted by atomic mass is 35.5. The first-order valence-corrected chi connectivity index (χ1v) is 10.5. The summed E-state index contributed by atoms with van der Waals surface area (Å²) in [6.45, 7) is 13.5. The van der Waals surface area contributed by atoms with Crippen molar-refractivity contribution in [1.29, 1.82) is 0 Å². The van der Waals surface area contributed by atoms with Gasteiger partial charge in [-0.15, -0.1) is 24.8 Å². The van der Waals surface area contributed by atoms with Crippen LogP contribution in [0, 0.1) is 5.41 Å². The van der Waals surface area contributed by atoms with Gasteiger partial charge in [0.1, 0.15) is 11.5 Å². The molecule has 0 aromatic heterocycles. The second kappa shape index (κ2) is 9.44. The third-order valence-corrected chi connectivity index (χ3v) is 6.88. The fraction of sp³-hybridized carbons (Fsp3) is 0.478. The molecule has 3 aliphatic rings. The average molecular weight is 473 g/mol. The molecule has 166 valence electrons. The lowest BCUT2D eigenvalue weighted by Crippen LogP contribution is -2.50. The van der Waals surface area contributed by atoms with E-state index in [1.807, 2.05) is 19.1 Å². The summed E-state index contributed by atoms with van der Waals surface area (Å²) in [5.41, 5.74) is 12.6. The van der Waals surface area contributed by atoms with Gasteiger partial charge in [0.15, 0.2) is 0 Å². The molecule has 0 spiro atoms. The SMILES string of the molecule is CC1=C(C)C2=C(N)C(C)(CN3CCN(c4ccccc4Cl)CC3)CC2=C(C)O1.Cl.Cl.